The van der Waals surface area contributed by atoms with Gasteiger partial charge in [0.25, 0.3) is 0 Å². The molecule has 0 spiro atoms. The van der Waals surface area contributed by atoms with Gasteiger partial charge in [-0.2, -0.15) is 0 Å². The molecule has 1 fully saturated rings. The molecule has 1 aliphatic heterocycles. The van der Waals surface area contributed by atoms with Crippen LogP contribution in [-0.2, 0) is 19.1 Å². The molecule has 2 amide bonds. The quantitative estimate of drug-likeness (QED) is 0.454. The number of carbonyl (C=O) groups is 2. The van der Waals surface area contributed by atoms with E-state index in [9.17, 15) is 14.7 Å². The molecule has 192 valence electrons. The van der Waals surface area contributed by atoms with Crippen molar-refractivity contribution >= 4 is 11.8 Å². The van der Waals surface area contributed by atoms with Crippen LogP contribution in [0.1, 0.15) is 65.0 Å². The van der Waals surface area contributed by atoms with E-state index in [-0.39, 0.29) is 29.9 Å². The van der Waals surface area contributed by atoms with Crippen molar-refractivity contribution in [2.45, 2.75) is 77.7 Å². The number of hydrogen-bond donors (Lipinski definition) is 2. The van der Waals surface area contributed by atoms with Crippen molar-refractivity contribution in [2.24, 2.45) is 17.8 Å². The average molecular weight is 477 g/mol. The lowest BCUT2D eigenvalue weighted by Crippen LogP contribution is -2.46. The minimum absolute atomic E-state index is 0.0676. The van der Waals surface area contributed by atoms with E-state index < -0.39 is 18.1 Å². The summed E-state index contributed by atoms with van der Waals surface area (Å²) < 4.78 is 11.3. The van der Waals surface area contributed by atoms with Crippen LogP contribution >= 0.6 is 0 Å². The number of hydrogen-bond acceptors (Lipinski definition) is 5. The zero-order valence-electron chi connectivity index (χ0n) is 21.7. The zero-order valence-corrected chi connectivity index (χ0v) is 21.7. The van der Waals surface area contributed by atoms with Crippen LogP contribution in [0.4, 0.5) is 0 Å². The Kier molecular flexibility index (Phi) is 11.5. The van der Waals surface area contributed by atoms with Gasteiger partial charge in [0, 0.05) is 33.2 Å². The minimum Gasteiger partial charge on any atom is -0.386 e. The van der Waals surface area contributed by atoms with Gasteiger partial charge in [-0.3, -0.25) is 9.59 Å². The zero-order chi connectivity index (χ0) is 25.3. The van der Waals surface area contributed by atoms with Crippen LogP contribution in [0, 0.1) is 17.8 Å². The number of benzene rings is 1. The number of nitrogens with zero attached hydrogens (tertiary/aromatic N) is 1. The summed E-state index contributed by atoms with van der Waals surface area (Å²) in [6, 6.07) is 8.87. The summed E-state index contributed by atoms with van der Waals surface area (Å²) in [4.78, 5) is 27.8. The molecule has 0 saturated carbocycles. The first-order valence-corrected chi connectivity index (χ1v) is 12.6. The van der Waals surface area contributed by atoms with Gasteiger partial charge in [0.2, 0.25) is 11.8 Å². The summed E-state index contributed by atoms with van der Waals surface area (Å²) in [5, 5.41) is 13.5. The molecule has 2 N–H and O–H groups in total. The maximum atomic E-state index is 13.0. The third-order valence-electron chi connectivity index (χ3n) is 7.30. The Balaban J connectivity index is 1.91. The monoisotopic (exact) mass is 476 g/mol. The molecule has 7 heteroatoms. The second-order valence-electron chi connectivity index (χ2n) is 9.84. The fourth-order valence-corrected chi connectivity index (χ4v) is 4.81. The summed E-state index contributed by atoms with van der Waals surface area (Å²) in [6.07, 6.45) is 1.96. The fraction of sp³-hybridized carbons (Fsp3) is 0.704. The second-order valence-corrected chi connectivity index (χ2v) is 9.84. The molecular formula is C27H44N2O5. The largest absolute Gasteiger partial charge is 0.386 e. The molecule has 2 rings (SSSR count). The number of aliphatic hydroxyl groups is 1. The molecule has 1 unspecified atom stereocenters. The number of likely N-dealkylation sites (tertiary alicyclic amines) is 1. The van der Waals surface area contributed by atoms with E-state index in [0.717, 1.165) is 24.8 Å². The number of nitrogens with one attached hydrogen (secondary N) is 1. The normalized spacial score (nSPS) is 21.4. The second kappa shape index (κ2) is 13.8. The highest BCUT2D eigenvalue weighted by Gasteiger charge is 2.38. The van der Waals surface area contributed by atoms with Crippen molar-refractivity contribution in [2.75, 3.05) is 27.3 Å². The van der Waals surface area contributed by atoms with Crippen molar-refractivity contribution in [3.63, 3.8) is 0 Å². The van der Waals surface area contributed by atoms with Gasteiger partial charge in [-0.25, -0.2) is 0 Å². The van der Waals surface area contributed by atoms with Gasteiger partial charge in [-0.1, -0.05) is 57.5 Å². The Morgan fingerprint density at radius 2 is 1.82 bits per heavy atom. The summed E-state index contributed by atoms with van der Waals surface area (Å²) in [6.45, 7) is 9.22. The number of amides is 2. The highest BCUT2D eigenvalue weighted by Crippen LogP contribution is 2.28. The first-order chi connectivity index (χ1) is 16.2. The van der Waals surface area contributed by atoms with Gasteiger partial charge in [-0.15, -0.1) is 0 Å². The van der Waals surface area contributed by atoms with Crippen molar-refractivity contribution in [3.8, 4) is 0 Å². The Morgan fingerprint density at radius 3 is 2.41 bits per heavy atom. The van der Waals surface area contributed by atoms with E-state index in [4.69, 9.17) is 9.47 Å². The molecule has 7 atom stereocenters. The molecule has 0 aromatic heterocycles. The van der Waals surface area contributed by atoms with Crippen LogP contribution in [0.2, 0.25) is 0 Å². The fourth-order valence-electron chi connectivity index (χ4n) is 4.81. The third kappa shape index (κ3) is 7.79. The topological polar surface area (TPSA) is 88.1 Å². The lowest BCUT2D eigenvalue weighted by atomic mass is 9.90. The average Bonchev–Trinajstić information content (AvgIpc) is 3.33. The van der Waals surface area contributed by atoms with E-state index >= 15 is 0 Å². The summed E-state index contributed by atoms with van der Waals surface area (Å²) in [5.74, 6) is 0.132. The van der Waals surface area contributed by atoms with Crippen molar-refractivity contribution < 1.29 is 24.2 Å². The molecule has 7 nitrogen and oxygen atoms in total. The highest BCUT2D eigenvalue weighted by atomic mass is 16.5. The summed E-state index contributed by atoms with van der Waals surface area (Å²) in [5.41, 5.74) is 0.763. The van der Waals surface area contributed by atoms with Gasteiger partial charge in [-0.05, 0) is 31.2 Å². The van der Waals surface area contributed by atoms with E-state index in [1.165, 1.54) is 0 Å². The molecule has 0 radical (unpaired) electrons. The van der Waals surface area contributed by atoms with Gasteiger partial charge in [0.1, 0.15) is 0 Å². The molecule has 0 aliphatic carbocycles. The molecule has 1 heterocycles. The molecule has 1 saturated heterocycles. The molecule has 1 aromatic carbocycles. The van der Waals surface area contributed by atoms with E-state index in [1.54, 1.807) is 21.1 Å². The van der Waals surface area contributed by atoms with Crippen LogP contribution in [0.15, 0.2) is 30.3 Å². The van der Waals surface area contributed by atoms with E-state index in [0.29, 0.717) is 25.4 Å². The molecule has 34 heavy (non-hydrogen) atoms. The third-order valence-corrected chi connectivity index (χ3v) is 7.30. The first kappa shape index (κ1) is 28.3. The molecular weight excluding hydrogens is 432 g/mol. The van der Waals surface area contributed by atoms with E-state index in [2.05, 4.69) is 19.2 Å². The van der Waals surface area contributed by atoms with Gasteiger partial charge < -0.3 is 24.8 Å². The highest BCUT2D eigenvalue weighted by molar-refractivity contribution is 5.79. The van der Waals surface area contributed by atoms with E-state index in [1.807, 2.05) is 42.2 Å². The van der Waals surface area contributed by atoms with Crippen LogP contribution < -0.4 is 5.32 Å². The standard InChI is InChI=1S/C27H44N2O5/c1-7-18(2)15-23(33-5)16-24(30)29-14-13-22(17-29)26(34-6)19(3)27(32)28-20(4)25(31)21-11-9-8-10-12-21/h8-12,18-20,22-23,25-26,31H,7,13-17H2,1-6H3,(H,28,32)/t18-,19+,20+,22?,23-,25+,26+/m0/s1. The van der Waals surface area contributed by atoms with Crippen LogP contribution in [-0.4, -0.2) is 67.4 Å². The number of rotatable bonds is 13. The number of ether oxygens (including phenoxy) is 2. The maximum absolute atomic E-state index is 13.0. The van der Waals surface area contributed by atoms with Gasteiger partial charge in [0.15, 0.2) is 0 Å². The predicted molar refractivity (Wildman–Crippen MR) is 133 cm³/mol. The maximum Gasteiger partial charge on any atom is 0.225 e. The van der Waals surface area contributed by atoms with Crippen molar-refractivity contribution in [1.29, 1.82) is 0 Å². The number of carbonyl (C=O) groups excluding carboxylic acids is 2. The van der Waals surface area contributed by atoms with Crippen molar-refractivity contribution in [1.82, 2.24) is 10.2 Å². The Bertz CT molecular complexity index is 759. The smallest absolute Gasteiger partial charge is 0.225 e. The lowest BCUT2D eigenvalue weighted by molar-refractivity contribution is -0.133. The molecule has 1 aliphatic rings. The predicted octanol–water partition coefficient (Wildman–Crippen LogP) is 3.57. The summed E-state index contributed by atoms with van der Waals surface area (Å²) >= 11 is 0. The van der Waals surface area contributed by atoms with Crippen LogP contribution in [0.5, 0.6) is 0 Å². The minimum atomic E-state index is -0.790. The van der Waals surface area contributed by atoms with Gasteiger partial charge >= 0.3 is 0 Å². The summed E-state index contributed by atoms with van der Waals surface area (Å²) in [7, 11) is 3.29. The Morgan fingerprint density at radius 1 is 1.15 bits per heavy atom. The molecule has 0 bridgehead atoms. The first-order valence-electron chi connectivity index (χ1n) is 12.6. The van der Waals surface area contributed by atoms with Crippen LogP contribution in [0.25, 0.3) is 0 Å². The van der Waals surface area contributed by atoms with Gasteiger partial charge in [0.05, 0.1) is 36.7 Å². The SMILES string of the molecule is CC[C@H](C)C[C@@H](CC(=O)N1CCC([C@H](OC)[C@@H](C)C(=O)N[C@H](C)[C@@H](O)c2ccccc2)C1)OC. The van der Waals surface area contributed by atoms with Crippen LogP contribution in [0.3, 0.4) is 0 Å². The molecule has 1 aromatic rings. The number of aliphatic hydroxyl groups excluding tert-OH is 1. The Labute approximate surface area is 205 Å². The Hall–Kier alpha value is -1.96. The number of methoxy groups -OCH3 is 2. The lowest BCUT2D eigenvalue weighted by Gasteiger charge is -2.29. The van der Waals surface area contributed by atoms with Crippen molar-refractivity contribution in [3.05, 3.63) is 35.9 Å².